The van der Waals surface area contributed by atoms with E-state index in [0.717, 1.165) is 25.9 Å². The molecule has 2 aliphatic heterocycles. The molecule has 1 aromatic carbocycles. The second kappa shape index (κ2) is 7.60. The molecule has 8 heteroatoms. The van der Waals surface area contributed by atoms with E-state index in [9.17, 15) is 13.2 Å². The number of hydrogen-bond acceptors (Lipinski definition) is 5. The topological polar surface area (TPSA) is 87.7 Å². The molecule has 0 radical (unpaired) electrons. The molecule has 1 amide bonds. The molecule has 1 atom stereocenters. The van der Waals surface area contributed by atoms with Crippen LogP contribution in [0.4, 0.5) is 0 Å². The molecule has 0 aromatic heterocycles. The summed E-state index contributed by atoms with van der Waals surface area (Å²) in [5.41, 5.74) is 0.370. The Morgan fingerprint density at radius 1 is 1.29 bits per heavy atom. The molecule has 7 nitrogen and oxygen atoms in total. The summed E-state index contributed by atoms with van der Waals surface area (Å²) in [5.74, 6) is -0.234. The molecule has 2 aliphatic rings. The van der Waals surface area contributed by atoms with Gasteiger partial charge in [-0.05, 0) is 37.6 Å². The zero-order valence-corrected chi connectivity index (χ0v) is 14.3. The summed E-state index contributed by atoms with van der Waals surface area (Å²) in [6.07, 6.45) is 1.96. The molecule has 2 saturated heterocycles. The van der Waals surface area contributed by atoms with Gasteiger partial charge in [0.15, 0.2) is 0 Å². The van der Waals surface area contributed by atoms with Gasteiger partial charge in [0.25, 0.3) is 5.91 Å². The lowest BCUT2D eigenvalue weighted by Crippen LogP contribution is -2.45. The number of carbonyl (C=O) groups excluding carboxylic acids is 1. The first-order chi connectivity index (χ1) is 11.6. The van der Waals surface area contributed by atoms with Gasteiger partial charge in [0, 0.05) is 31.2 Å². The SMILES string of the molecule is O=C(NC1CCCNC1)c1cccc(S(=O)(=O)N2CCOCC2)c1. The van der Waals surface area contributed by atoms with Crippen LogP contribution in [-0.4, -0.2) is 64.1 Å². The number of piperidine rings is 1. The predicted octanol–water partition coefficient (Wildman–Crippen LogP) is 0.189. The van der Waals surface area contributed by atoms with E-state index >= 15 is 0 Å². The van der Waals surface area contributed by atoms with Gasteiger partial charge >= 0.3 is 0 Å². The van der Waals surface area contributed by atoms with Crippen molar-refractivity contribution >= 4 is 15.9 Å². The van der Waals surface area contributed by atoms with Crippen molar-refractivity contribution in [2.24, 2.45) is 0 Å². The molecule has 0 aliphatic carbocycles. The standard InChI is InChI=1S/C16H23N3O4S/c20-16(18-14-4-2-6-17-12-14)13-3-1-5-15(11-13)24(21,22)19-7-9-23-10-8-19/h1,3,5,11,14,17H,2,4,6-10,12H2,(H,18,20). The van der Waals surface area contributed by atoms with Crippen molar-refractivity contribution in [1.29, 1.82) is 0 Å². The maximum atomic E-state index is 12.7. The second-order valence-corrected chi connectivity index (χ2v) is 8.00. The molecule has 0 saturated carbocycles. The smallest absolute Gasteiger partial charge is 0.251 e. The number of ether oxygens (including phenoxy) is 1. The van der Waals surface area contributed by atoms with Crippen LogP contribution in [0.3, 0.4) is 0 Å². The Bertz CT molecular complexity index is 680. The van der Waals surface area contributed by atoms with Gasteiger partial charge < -0.3 is 15.4 Å². The van der Waals surface area contributed by atoms with Crippen LogP contribution in [0, 0.1) is 0 Å². The van der Waals surface area contributed by atoms with E-state index in [-0.39, 0.29) is 16.8 Å². The number of amides is 1. The number of rotatable bonds is 4. The molecular weight excluding hydrogens is 330 g/mol. The summed E-state index contributed by atoms with van der Waals surface area (Å²) in [7, 11) is -3.59. The van der Waals surface area contributed by atoms with Crippen LogP contribution in [0.5, 0.6) is 0 Å². The summed E-state index contributed by atoms with van der Waals surface area (Å²) < 4.78 is 32.0. The van der Waals surface area contributed by atoms with E-state index in [4.69, 9.17) is 4.74 Å². The lowest BCUT2D eigenvalue weighted by atomic mass is 10.1. The van der Waals surface area contributed by atoms with E-state index in [0.29, 0.717) is 31.9 Å². The first kappa shape index (κ1) is 17.3. The molecule has 1 unspecified atom stereocenters. The van der Waals surface area contributed by atoms with Crippen LogP contribution < -0.4 is 10.6 Å². The average Bonchev–Trinajstić information content (AvgIpc) is 2.63. The number of sulfonamides is 1. The summed E-state index contributed by atoms with van der Waals surface area (Å²) in [5, 5.41) is 6.20. The number of benzene rings is 1. The van der Waals surface area contributed by atoms with Gasteiger partial charge in [0.2, 0.25) is 10.0 Å². The Kier molecular flexibility index (Phi) is 5.50. The number of nitrogens with one attached hydrogen (secondary N) is 2. The number of nitrogens with zero attached hydrogens (tertiary/aromatic N) is 1. The molecule has 0 spiro atoms. The van der Waals surface area contributed by atoms with Crippen LogP contribution in [0.15, 0.2) is 29.2 Å². The highest BCUT2D eigenvalue weighted by atomic mass is 32.2. The molecular formula is C16H23N3O4S. The maximum Gasteiger partial charge on any atom is 0.251 e. The van der Waals surface area contributed by atoms with Gasteiger partial charge in [-0.2, -0.15) is 4.31 Å². The van der Waals surface area contributed by atoms with E-state index < -0.39 is 10.0 Å². The lowest BCUT2D eigenvalue weighted by molar-refractivity contribution is 0.0730. The van der Waals surface area contributed by atoms with Crippen molar-refractivity contribution in [2.45, 2.75) is 23.8 Å². The molecule has 0 bridgehead atoms. The Labute approximate surface area is 142 Å². The van der Waals surface area contributed by atoms with Crippen molar-refractivity contribution in [2.75, 3.05) is 39.4 Å². The number of carbonyl (C=O) groups is 1. The van der Waals surface area contributed by atoms with E-state index in [2.05, 4.69) is 10.6 Å². The molecule has 2 fully saturated rings. The first-order valence-corrected chi connectivity index (χ1v) is 9.71. The van der Waals surface area contributed by atoms with Crippen LogP contribution in [0.1, 0.15) is 23.2 Å². The van der Waals surface area contributed by atoms with Crippen molar-refractivity contribution in [3.63, 3.8) is 0 Å². The maximum absolute atomic E-state index is 12.7. The Balaban J connectivity index is 1.74. The highest BCUT2D eigenvalue weighted by Gasteiger charge is 2.27. The lowest BCUT2D eigenvalue weighted by Gasteiger charge is -2.26. The number of hydrogen-bond donors (Lipinski definition) is 2. The monoisotopic (exact) mass is 353 g/mol. The van der Waals surface area contributed by atoms with Crippen LogP contribution >= 0.6 is 0 Å². The van der Waals surface area contributed by atoms with Gasteiger partial charge in [-0.1, -0.05) is 6.07 Å². The predicted molar refractivity (Wildman–Crippen MR) is 89.4 cm³/mol. The molecule has 2 heterocycles. The Morgan fingerprint density at radius 2 is 2.08 bits per heavy atom. The van der Waals surface area contributed by atoms with Gasteiger partial charge in [-0.15, -0.1) is 0 Å². The average molecular weight is 353 g/mol. The zero-order valence-electron chi connectivity index (χ0n) is 13.5. The van der Waals surface area contributed by atoms with Gasteiger partial charge in [0.05, 0.1) is 18.1 Å². The second-order valence-electron chi connectivity index (χ2n) is 6.06. The first-order valence-electron chi connectivity index (χ1n) is 8.27. The minimum absolute atomic E-state index is 0.0887. The van der Waals surface area contributed by atoms with Gasteiger partial charge in [-0.3, -0.25) is 4.79 Å². The highest BCUT2D eigenvalue weighted by Crippen LogP contribution is 2.18. The van der Waals surface area contributed by atoms with E-state index in [1.54, 1.807) is 12.1 Å². The summed E-state index contributed by atoms with van der Waals surface area (Å²) in [4.78, 5) is 12.6. The third kappa shape index (κ3) is 3.94. The molecule has 2 N–H and O–H groups in total. The van der Waals surface area contributed by atoms with E-state index in [1.807, 2.05) is 0 Å². The van der Waals surface area contributed by atoms with Crippen molar-refractivity contribution in [3.05, 3.63) is 29.8 Å². The fraction of sp³-hybridized carbons (Fsp3) is 0.562. The molecule has 3 rings (SSSR count). The quantitative estimate of drug-likeness (QED) is 0.807. The summed E-state index contributed by atoms with van der Waals surface area (Å²) >= 11 is 0. The third-order valence-electron chi connectivity index (χ3n) is 4.34. The molecule has 132 valence electrons. The van der Waals surface area contributed by atoms with Crippen LogP contribution in [0.25, 0.3) is 0 Å². The van der Waals surface area contributed by atoms with Crippen LogP contribution in [0.2, 0.25) is 0 Å². The minimum atomic E-state index is -3.59. The summed E-state index contributed by atoms with van der Waals surface area (Å²) in [6, 6.07) is 6.33. The highest BCUT2D eigenvalue weighted by molar-refractivity contribution is 7.89. The fourth-order valence-electron chi connectivity index (χ4n) is 2.98. The Morgan fingerprint density at radius 3 is 2.79 bits per heavy atom. The Hall–Kier alpha value is -1.48. The van der Waals surface area contributed by atoms with Crippen molar-refractivity contribution < 1.29 is 17.9 Å². The van der Waals surface area contributed by atoms with E-state index in [1.165, 1.54) is 16.4 Å². The third-order valence-corrected chi connectivity index (χ3v) is 6.23. The van der Waals surface area contributed by atoms with Crippen LogP contribution in [-0.2, 0) is 14.8 Å². The largest absolute Gasteiger partial charge is 0.379 e. The minimum Gasteiger partial charge on any atom is -0.379 e. The fourth-order valence-corrected chi connectivity index (χ4v) is 4.43. The zero-order chi connectivity index (χ0) is 17.0. The summed E-state index contributed by atoms with van der Waals surface area (Å²) in [6.45, 7) is 3.19. The normalized spacial score (nSPS) is 22.9. The van der Waals surface area contributed by atoms with Crippen molar-refractivity contribution in [1.82, 2.24) is 14.9 Å². The van der Waals surface area contributed by atoms with Gasteiger partial charge in [-0.25, -0.2) is 8.42 Å². The number of morpholine rings is 1. The van der Waals surface area contributed by atoms with Gasteiger partial charge in [0.1, 0.15) is 0 Å². The van der Waals surface area contributed by atoms with Crippen molar-refractivity contribution in [3.8, 4) is 0 Å². The molecule has 24 heavy (non-hydrogen) atoms. The molecule has 1 aromatic rings.